The van der Waals surface area contributed by atoms with E-state index in [9.17, 15) is 4.79 Å². The summed E-state index contributed by atoms with van der Waals surface area (Å²) in [4.78, 5) is 12.5. The standard InChI is InChI=1S/C23H18ClN5O2S/c1-31-18-11-9-16(10-12-18)21-27-28-23(32)29(21)25-14-15-5-4-6-17(13-15)26-22(30)19-7-2-3-8-20(19)24/h2-14H,1H3,(H,26,30)(H,28,32). The Balaban J connectivity index is 1.56. The largest absolute Gasteiger partial charge is 0.497 e. The maximum absolute atomic E-state index is 12.5. The Morgan fingerprint density at radius 1 is 1.16 bits per heavy atom. The van der Waals surface area contributed by atoms with Crippen LogP contribution in [-0.4, -0.2) is 34.1 Å². The Labute approximate surface area is 194 Å². The van der Waals surface area contributed by atoms with Gasteiger partial charge in [-0.05, 0) is 66.3 Å². The van der Waals surface area contributed by atoms with E-state index in [1.807, 2.05) is 36.4 Å². The number of ether oxygens (including phenoxy) is 1. The molecule has 0 aliphatic rings. The average Bonchev–Trinajstić information content (AvgIpc) is 3.18. The molecule has 4 aromatic rings. The molecule has 4 rings (SSSR count). The SMILES string of the molecule is COc1ccc(-c2n[nH]c(=S)n2N=Cc2cccc(NC(=O)c3ccccc3Cl)c2)cc1. The molecule has 160 valence electrons. The molecule has 0 aliphatic heterocycles. The Bertz CT molecular complexity index is 1350. The number of halogens is 1. The van der Waals surface area contributed by atoms with Crippen LogP contribution in [0, 0.1) is 4.77 Å². The van der Waals surface area contributed by atoms with E-state index >= 15 is 0 Å². The summed E-state index contributed by atoms with van der Waals surface area (Å²) in [6.07, 6.45) is 1.64. The van der Waals surface area contributed by atoms with E-state index in [0.717, 1.165) is 16.9 Å². The number of benzene rings is 3. The Kier molecular flexibility index (Phi) is 6.44. The minimum atomic E-state index is -0.288. The van der Waals surface area contributed by atoms with Gasteiger partial charge in [0.25, 0.3) is 5.91 Å². The number of hydrogen-bond donors (Lipinski definition) is 2. The van der Waals surface area contributed by atoms with Crippen molar-refractivity contribution in [1.82, 2.24) is 14.9 Å². The van der Waals surface area contributed by atoms with Crippen LogP contribution < -0.4 is 10.1 Å². The molecule has 0 saturated heterocycles. The first-order chi connectivity index (χ1) is 15.5. The molecule has 0 spiro atoms. The molecule has 32 heavy (non-hydrogen) atoms. The van der Waals surface area contributed by atoms with Gasteiger partial charge in [-0.15, -0.1) is 0 Å². The number of anilines is 1. The van der Waals surface area contributed by atoms with E-state index in [0.29, 0.717) is 26.9 Å². The molecule has 3 aromatic carbocycles. The van der Waals surface area contributed by atoms with Gasteiger partial charge >= 0.3 is 0 Å². The molecule has 0 atom stereocenters. The number of aromatic amines is 1. The van der Waals surface area contributed by atoms with Crippen LogP contribution >= 0.6 is 23.8 Å². The lowest BCUT2D eigenvalue weighted by Gasteiger charge is -2.07. The van der Waals surface area contributed by atoms with Gasteiger partial charge in [0.2, 0.25) is 4.77 Å². The first kappa shape index (κ1) is 21.5. The molecule has 1 amide bonds. The minimum Gasteiger partial charge on any atom is -0.497 e. The number of H-pyrrole nitrogens is 1. The number of aromatic nitrogens is 3. The van der Waals surface area contributed by atoms with Crippen LogP contribution in [-0.2, 0) is 0 Å². The number of rotatable bonds is 6. The molecule has 0 unspecified atom stereocenters. The van der Waals surface area contributed by atoms with Gasteiger partial charge in [-0.1, -0.05) is 35.9 Å². The maximum atomic E-state index is 12.5. The van der Waals surface area contributed by atoms with Crippen molar-refractivity contribution in [3.05, 3.63) is 93.7 Å². The van der Waals surface area contributed by atoms with Crippen LogP contribution in [0.15, 0.2) is 77.9 Å². The minimum absolute atomic E-state index is 0.288. The van der Waals surface area contributed by atoms with E-state index in [4.69, 9.17) is 28.6 Å². The highest BCUT2D eigenvalue weighted by Gasteiger charge is 2.10. The lowest BCUT2D eigenvalue weighted by Crippen LogP contribution is -2.12. The molecular weight excluding hydrogens is 446 g/mol. The highest BCUT2D eigenvalue weighted by molar-refractivity contribution is 7.71. The second kappa shape index (κ2) is 9.59. The fourth-order valence-corrected chi connectivity index (χ4v) is 3.39. The van der Waals surface area contributed by atoms with Gasteiger partial charge < -0.3 is 10.1 Å². The van der Waals surface area contributed by atoms with Crippen molar-refractivity contribution in [2.75, 3.05) is 12.4 Å². The van der Waals surface area contributed by atoms with E-state index in [1.165, 1.54) is 4.68 Å². The van der Waals surface area contributed by atoms with Crippen molar-refractivity contribution in [2.45, 2.75) is 0 Å². The molecule has 0 fully saturated rings. The monoisotopic (exact) mass is 463 g/mol. The molecule has 7 nitrogen and oxygen atoms in total. The van der Waals surface area contributed by atoms with Crippen LogP contribution in [0.5, 0.6) is 5.75 Å². The number of amides is 1. The molecule has 9 heteroatoms. The number of carbonyl (C=O) groups excluding carboxylic acids is 1. The summed E-state index contributed by atoms with van der Waals surface area (Å²) in [5.41, 5.74) is 2.62. The molecule has 2 N–H and O–H groups in total. The second-order valence-corrected chi connectivity index (χ2v) is 7.49. The van der Waals surface area contributed by atoms with Gasteiger partial charge in [0, 0.05) is 11.3 Å². The van der Waals surface area contributed by atoms with E-state index < -0.39 is 0 Å². The third-order valence-electron chi connectivity index (χ3n) is 4.58. The maximum Gasteiger partial charge on any atom is 0.257 e. The van der Waals surface area contributed by atoms with E-state index in [2.05, 4.69) is 20.6 Å². The Morgan fingerprint density at radius 3 is 2.69 bits per heavy atom. The normalized spacial score (nSPS) is 10.9. The van der Waals surface area contributed by atoms with Gasteiger partial charge in [0.15, 0.2) is 5.82 Å². The number of carbonyl (C=O) groups is 1. The van der Waals surface area contributed by atoms with Crippen LogP contribution in [0.25, 0.3) is 11.4 Å². The van der Waals surface area contributed by atoms with Crippen molar-refractivity contribution in [3.8, 4) is 17.1 Å². The second-order valence-electron chi connectivity index (χ2n) is 6.70. The molecule has 0 bridgehead atoms. The summed E-state index contributed by atoms with van der Waals surface area (Å²) in [6.45, 7) is 0. The quantitative estimate of drug-likeness (QED) is 0.296. The van der Waals surface area contributed by atoms with Crippen molar-refractivity contribution in [3.63, 3.8) is 0 Å². The number of nitrogens with zero attached hydrogens (tertiary/aromatic N) is 3. The van der Waals surface area contributed by atoms with Gasteiger partial charge in [0.1, 0.15) is 5.75 Å². The Morgan fingerprint density at radius 2 is 1.94 bits per heavy atom. The van der Waals surface area contributed by atoms with Crippen LogP contribution in [0.2, 0.25) is 5.02 Å². The summed E-state index contributed by atoms with van der Waals surface area (Å²) in [7, 11) is 1.61. The zero-order valence-electron chi connectivity index (χ0n) is 16.9. The zero-order valence-corrected chi connectivity index (χ0v) is 18.5. The lowest BCUT2D eigenvalue weighted by atomic mass is 10.2. The Hall–Kier alpha value is -3.75. The molecule has 1 aromatic heterocycles. The van der Waals surface area contributed by atoms with Crippen LogP contribution in [0.3, 0.4) is 0 Å². The first-order valence-electron chi connectivity index (χ1n) is 9.57. The number of hydrogen-bond acceptors (Lipinski definition) is 5. The third-order valence-corrected chi connectivity index (χ3v) is 5.18. The lowest BCUT2D eigenvalue weighted by molar-refractivity contribution is 0.102. The predicted octanol–water partition coefficient (Wildman–Crippen LogP) is 5.40. The van der Waals surface area contributed by atoms with Crippen molar-refractivity contribution < 1.29 is 9.53 Å². The molecule has 0 saturated carbocycles. The topological polar surface area (TPSA) is 84.3 Å². The molecule has 0 radical (unpaired) electrons. The molecule has 1 heterocycles. The van der Waals surface area contributed by atoms with Crippen molar-refractivity contribution in [1.29, 1.82) is 0 Å². The third kappa shape index (κ3) is 4.77. The summed E-state index contributed by atoms with van der Waals surface area (Å²) in [5.74, 6) is 1.02. The highest BCUT2D eigenvalue weighted by atomic mass is 35.5. The molecule has 0 aliphatic carbocycles. The van der Waals surface area contributed by atoms with Crippen molar-refractivity contribution >= 4 is 41.6 Å². The summed E-state index contributed by atoms with van der Waals surface area (Å²) in [5, 5.41) is 14.8. The van der Waals surface area contributed by atoms with Gasteiger partial charge in [-0.2, -0.15) is 14.9 Å². The first-order valence-corrected chi connectivity index (χ1v) is 10.4. The molecular formula is C23H18ClN5O2S. The fourth-order valence-electron chi connectivity index (χ4n) is 2.99. The zero-order chi connectivity index (χ0) is 22.5. The van der Waals surface area contributed by atoms with Gasteiger partial charge in [0.05, 0.1) is 23.9 Å². The van der Waals surface area contributed by atoms with Gasteiger partial charge in [-0.25, -0.2) is 5.10 Å². The fraction of sp³-hybridized carbons (Fsp3) is 0.0435. The van der Waals surface area contributed by atoms with E-state index in [-0.39, 0.29) is 5.91 Å². The summed E-state index contributed by atoms with van der Waals surface area (Å²) in [6, 6.07) is 21.6. The van der Waals surface area contributed by atoms with Crippen LogP contribution in [0.4, 0.5) is 5.69 Å². The number of methoxy groups -OCH3 is 1. The van der Waals surface area contributed by atoms with Crippen LogP contribution in [0.1, 0.15) is 15.9 Å². The smallest absolute Gasteiger partial charge is 0.257 e. The summed E-state index contributed by atoms with van der Waals surface area (Å²) >= 11 is 11.4. The van der Waals surface area contributed by atoms with Crippen molar-refractivity contribution in [2.24, 2.45) is 5.10 Å². The van der Waals surface area contributed by atoms with Gasteiger partial charge in [-0.3, -0.25) is 4.79 Å². The average molecular weight is 464 g/mol. The van der Waals surface area contributed by atoms with E-state index in [1.54, 1.807) is 49.7 Å². The highest BCUT2D eigenvalue weighted by Crippen LogP contribution is 2.21. The number of nitrogens with one attached hydrogen (secondary N) is 2. The summed E-state index contributed by atoms with van der Waals surface area (Å²) < 4.78 is 7.09. The predicted molar refractivity (Wildman–Crippen MR) is 128 cm³/mol.